The van der Waals surface area contributed by atoms with Gasteiger partial charge in [0, 0.05) is 45.5 Å². The minimum absolute atomic E-state index is 0.586. The third-order valence-corrected chi connectivity index (χ3v) is 5.46. The van der Waals surface area contributed by atoms with E-state index in [1.807, 2.05) is 6.20 Å². The summed E-state index contributed by atoms with van der Waals surface area (Å²) in [5, 5.41) is 1.12. The van der Waals surface area contributed by atoms with E-state index in [0.29, 0.717) is 6.04 Å². The van der Waals surface area contributed by atoms with E-state index in [-0.39, 0.29) is 0 Å². The summed E-state index contributed by atoms with van der Waals surface area (Å²) in [6, 6.07) is 2.66. The molecule has 1 aliphatic carbocycles. The minimum Gasteiger partial charge on any atom is -0.356 e. The summed E-state index contributed by atoms with van der Waals surface area (Å²) >= 11 is 0. The lowest BCUT2D eigenvalue weighted by molar-refractivity contribution is 0.314. The minimum atomic E-state index is 0.586. The molecule has 3 atom stereocenters. The van der Waals surface area contributed by atoms with E-state index in [9.17, 15) is 0 Å². The van der Waals surface area contributed by atoms with Crippen LogP contribution >= 0.6 is 0 Å². The second-order valence-corrected chi connectivity index (χ2v) is 6.74. The first kappa shape index (κ1) is 14.0. The van der Waals surface area contributed by atoms with Gasteiger partial charge in [0.1, 0.15) is 17.8 Å². The van der Waals surface area contributed by atoms with Gasteiger partial charge in [-0.25, -0.2) is 9.97 Å². The van der Waals surface area contributed by atoms with Gasteiger partial charge in [0.15, 0.2) is 0 Å². The van der Waals surface area contributed by atoms with Gasteiger partial charge >= 0.3 is 0 Å². The molecular weight excluding hydrogens is 276 g/mol. The van der Waals surface area contributed by atoms with Gasteiger partial charge in [-0.2, -0.15) is 0 Å². The highest BCUT2D eigenvalue weighted by Crippen LogP contribution is 2.41. The number of anilines is 1. The molecule has 22 heavy (non-hydrogen) atoms. The normalized spacial score (nSPS) is 28.4. The van der Waals surface area contributed by atoms with Crippen molar-refractivity contribution in [1.29, 1.82) is 0 Å². The van der Waals surface area contributed by atoms with Crippen molar-refractivity contribution in [2.45, 2.75) is 18.9 Å². The quantitative estimate of drug-likeness (QED) is 0.883. The van der Waals surface area contributed by atoms with E-state index in [1.54, 1.807) is 6.33 Å². The molecule has 0 radical (unpaired) electrons. The molecule has 0 aromatic carbocycles. The van der Waals surface area contributed by atoms with Crippen molar-refractivity contribution >= 4 is 16.9 Å². The summed E-state index contributed by atoms with van der Waals surface area (Å²) in [4.78, 5) is 16.9. The molecule has 118 valence electrons. The Morgan fingerprint density at radius 1 is 1.32 bits per heavy atom. The molecule has 2 aromatic rings. The van der Waals surface area contributed by atoms with Gasteiger partial charge in [-0.05, 0) is 30.7 Å². The number of hydrogen-bond acceptors (Lipinski definition) is 5. The number of H-pyrrole nitrogens is 1. The zero-order valence-electron chi connectivity index (χ0n) is 13.1. The molecule has 2 fully saturated rings. The molecule has 0 spiro atoms. The Hall–Kier alpha value is -1.66. The number of aromatic amines is 1. The topological polar surface area (TPSA) is 74.1 Å². The molecule has 0 amide bonds. The molecule has 1 aliphatic heterocycles. The van der Waals surface area contributed by atoms with Crippen LogP contribution < -0.4 is 10.6 Å². The summed E-state index contributed by atoms with van der Waals surface area (Å²) in [5.41, 5.74) is 6.61. The molecule has 6 heteroatoms. The smallest absolute Gasteiger partial charge is 0.142 e. The highest BCUT2D eigenvalue weighted by atomic mass is 15.2. The zero-order valence-corrected chi connectivity index (χ0v) is 13.1. The van der Waals surface area contributed by atoms with E-state index >= 15 is 0 Å². The van der Waals surface area contributed by atoms with Crippen molar-refractivity contribution in [3.63, 3.8) is 0 Å². The Labute approximate surface area is 130 Å². The molecule has 0 bridgehead atoms. The number of rotatable bonds is 4. The van der Waals surface area contributed by atoms with Crippen LogP contribution in [0.4, 0.5) is 5.82 Å². The number of nitrogens with two attached hydrogens (primary N) is 1. The third-order valence-electron chi connectivity index (χ3n) is 5.46. The fourth-order valence-corrected chi connectivity index (χ4v) is 4.36. The number of nitrogens with zero attached hydrogens (tertiary/aromatic N) is 4. The van der Waals surface area contributed by atoms with Gasteiger partial charge in [-0.15, -0.1) is 0 Å². The Morgan fingerprint density at radius 2 is 2.09 bits per heavy atom. The molecular formula is C16H24N6. The summed E-state index contributed by atoms with van der Waals surface area (Å²) in [7, 11) is 2.18. The van der Waals surface area contributed by atoms with Gasteiger partial charge < -0.3 is 20.5 Å². The predicted octanol–water partition coefficient (Wildman–Crippen LogP) is 1.06. The fraction of sp³-hybridized carbons (Fsp3) is 0.625. The maximum absolute atomic E-state index is 5.69. The molecule has 4 rings (SSSR count). The van der Waals surface area contributed by atoms with Crippen molar-refractivity contribution in [2.24, 2.45) is 17.6 Å². The van der Waals surface area contributed by atoms with Crippen LogP contribution in [0.3, 0.4) is 0 Å². The van der Waals surface area contributed by atoms with Crippen LogP contribution in [0, 0.1) is 11.8 Å². The molecule has 1 saturated carbocycles. The third kappa shape index (κ3) is 2.27. The largest absolute Gasteiger partial charge is 0.356 e. The zero-order chi connectivity index (χ0) is 15.1. The molecule has 3 heterocycles. The van der Waals surface area contributed by atoms with E-state index in [1.165, 1.54) is 25.9 Å². The maximum atomic E-state index is 5.69. The van der Waals surface area contributed by atoms with Gasteiger partial charge in [-0.3, -0.25) is 0 Å². The highest BCUT2D eigenvalue weighted by molar-refractivity contribution is 5.87. The molecule has 2 aromatic heterocycles. The number of nitrogens with one attached hydrogen (secondary N) is 1. The Balaban J connectivity index is 1.49. The Morgan fingerprint density at radius 3 is 2.82 bits per heavy atom. The van der Waals surface area contributed by atoms with Crippen molar-refractivity contribution in [2.75, 3.05) is 38.1 Å². The average molecular weight is 300 g/mol. The van der Waals surface area contributed by atoms with E-state index < -0.39 is 0 Å². The summed E-state index contributed by atoms with van der Waals surface area (Å²) < 4.78 is 0. The summed E-state index contributed by atoms with van der Waals surface area (Å²) in [6.07, 6.45) is 6.12. The lowest BCUT2D eigenvalue weighted by atomic mass is 10.0. The highest BCUT2D eigenvalue weighted by Gasteiger charge is 2.42. The number of hydrogen-bond donors (Lipinski definition) is 2. The molecule has 1 unspecified atom stereocenters. The van der Waals surface area contributed by atoms with Crippen LogP contribution in [0.25, 0.3) is 11.0 Å². The first-order valence-electron chi connectivity index (χ1n) is 8.19. The lowest BCUT2D eigenvalue weighted by Gasteiger charge is -2.27. The van der Waals surface area contributed by atoms with Gasteiger partial charge in [-0.1, -0.05) is 0 Å². The summed E-state index contributed by atoms with van der Waals surface area (Å²) in [6.45, 7) is 4.25. The first-order valence-corrected chi connectivity index (χ1v) is 8.19. The lowest BCUT2D eigenvalue weighted by Crippen LogP contribution is -2.34. The standard InChI is InChI=1S/C16H24N6/c1-21(16-14-2-4-18-15(14)19-10-20-16)13-6-11-8-22(5-3-17)9-12(11)7-13/h2,4,10-13H,3,5-9,17H2,1H3,(H,18,19,20)/t11-,12+,13?. The van der Waals surface area contributed by atoms with E-state index in [2.05, 4.69) is 37.9 Å². The molecule has 3 N–H and O–H groups in total. The number of fused-ring (bicyclic) bond motifs is 2. The summed E-state index contributed by atoms with van der Waals surface area (Å²) in [5.74, 6) is 2.69. The number of likely N-dealkylation sites (tertiary alicyclic amines) is 1. The second-order valence-electron chi connectivity index (χ2n) is 6.74. The van der Waals surface area contributed by atoms with Crippen LogP contribution in [-0.4, -0.2) is 59.1 Å². The van der Waals surface area contributed by atoms with Crippen LogP contribution in [0.1, 0.15) is 12.8 Å². The maximum Gasteiger partial charge on any atom is 0.142 e. The van der Waals surface area contributed by atoms with Crippen molar-refractivity contribution in [3.8, 4) is 0 Å². The number of aromatic nitrogens is 3. The van der Waals surface area contributed by atoms with Crippen LogP contribution in [0.2, 0.25) is 0 Å². The van der Waals surface area contributed by atoms with Gasteiger partial charge in [0.25, 0.3) is 0 Å². The van der Waals surface area contributed by atoms with Gasteiger partial charge in [0.2, 0.25) is 0 Å². The average Bonchev–Trinajstić information content (AvgIpc) is 3.19. The van der Waals surface area contributed by atoms with Crippen LogP contribution in [-0.2, 0) is 0 Å². The van der Waals surface area contributed by atoms with Crippen molar-refractivity contribution in [1.82, 2.24) is 19.9 Å². The van der Waals surface area contributed by atoms with Crippen molar-refractivity contribution in [3.05, 3.63) is 18.6 Å². The Kier molecular flexibility index (Phi) is 3.50. The van der Waals surface area contributed by atoms with Crippen molar-refractivity contribution < 1.29 is 0 Å². The predicted molar refractivity (Wildman–Crippen MR) is 87.8 cm³/mol. The van der Waals surface area contributed by atoms with E-state index in [4.69, 9.17) is 5.73 Å². The second kappa shape index (κ2) is 5.52. The molecule has 6 nitrogen and oxygen atoms in total. The van der Waals surface area contributed by atoms with Crippen LogP contribution in [0.5, 0.6) is 0 Å². The molecule has 2 aliphatic rings. The fourth-order valence-electron chi connectivity index (χ4n) is 4.36. The first-order chi connectivity index (χ1) is 10.8. The monoisotopic (exact) mass is 300 g/mol. The van der Waals surface area contributed by atoms with E-state index in [0.717, 1.165) is 41.8 Å². The Bertz CT molecular complexity index is 639. The molecule has 1 saturated heterocycles. The van der Waals surface area contributed by atoms with Gasteiger partial charge in [0.05, 0.1) is 5.39 Å². The SMILES string of the molecule is CN(c1ncnc2[nH]ccc12)C1C[C@@H]2CN(CCN)C[C@@H]2C1. The van der Waals surface area contributed by atoms with Crippen LogP contribution in [0.15, 0.2) is 18.6 Å².